The Labute approximate surface area is 215 Å². The van der Waals surface area contributed by atoms with E-state index >= 15 is 0 Å². The molecule has 12 heteroatoms. The third-order valence-electron chi connectivity index (χ3n) is 7.00. The van der Waals surface area contributed by atoms with Gasteiger partial charge in [-0.25, -0.2) is 4.98 Å². The molecule has 36 heavy (non-hydrogen) atoms. The number of anilines is 2. The SMILES string of the molecule is Cc1ccc(Br)nc1NC(=O)[C@@H]1C[C@@]2(C)C[C@H]2N1C(=O)Cn1nc(NCCC(=O)O)c2ccncc21. The molecule has 3 aromatic rings. The number of likely N-dealkylation sites (tertiary alicyclic amines) is 1. The normalized spacial score (nSPS) is 22.4. The van der Waals surface area contributed by atoms with Crippen molar-refractivity contribution in [3.8, 4) is 0 Å². The first-order valence-electron chi connectivity index (χ1n) is 11.7. The van der Waals surface area contributed by atoms with E-state index in [-0.39, 0.29) is 42.8 Å². The highest BCUT2D eigenvalue weighted by Gasteiger charge is 2.64. The number of pyridine rings is 2. The van der Waals surface area contributed by atoms with Crippen LogP contribution in [0, 0.1) is 12.3 Å². The number of aromatic nitrogens is 4. The number of amides is 2. The van der Waals surface area contributed by atoms with E-state index in [2.05, 4.69) is 48.6 Å². The molecule has 0 aromatic carbocycles. The number of fused-ring (bicyclic) bond motifs is 2. The first-order valence-corrected chi connectivity index (χ1v) is 12.5. The number of aryl methyl sites for hydroxylation is 1. The van der Waals surface area contributed by atoms with E-state index in [1.165, 1.54) is 0 Å². The molecule has 3 N–H and O–H groups in total. The van der Waals surface area contributed by atoms with Gasteiger partial charge < -0.3 is 20.6 Å². The van der Waals surface area contributed by atoms with Crippen molar-refractivity contribution in [1.29, 1.82) is 0 Å². The molecule has 1 aliphatic carbocycles. The molecule has 3 atom stereocenters. The van der Waals surface area contributed by atoms with Crippen LogP contribution in [-0.2, 0) is 20.9 Å². The predicted molar refractivity (Wildman–Crippen MR) is 135 cm³/mol. The van der Waals surface area contributed by atoms with Crippen LogP contribution in [0.15, 0.2) is 35.2 Å². The Hall–Kier alpha value is -3.54. The molecule has 2 aliphatic rings. The molecular formula is C24H26BrN7O4. The monoisotopic (exact) mass is 555 g/mol. The highest BCUT2D eigenvalue weighted by atomic mass is 79.9. The molecule has 2 fully saturated rings. The standard InChI is InChI=1S/C24H26BrN7O4/c1-13-3-4-18(25)28-21(13)29-23(36)15-9-24(2)10-17(24)32(15)19(33)12-31-16-11-26-7-5-14(16)22(30-31)27-8-6-20(34)35/h3-5,7,11,15,17H,6,8-10,12H2,1-2H3,(H,27,30)(H,34,35)(H,28,29,36)/t15-,17+,24-/m0/s1. The maximum Gasteiger partial charge on any atom is 0.305 e. The number of nitrogens with zero attached hydrogens (tertiary/aromatic N) is 5. The fourth-order valence-electron chi connectivity index (χ4n) is 4.96. The van der Waals surface area contributed by atoms with Gasteiger partial charge in [0.2, 0.25) is 11.8 Å². The minimum atomic E-state index is -0.915. The van der Waals surface area contributed by atoms with Crippen LogP contribution in [0.4, 0.5) is 11.6 Å². The lowest BCUT2D eigenvalue weighted by molar-refractivity contribution is -0.138. The summed E-state index contributed by atoms with van der Waals surface area (Å²) >= 11 is 3.34. The van der Waals surface area contributed by atoms with E-state index in [1.807, 2.05) is 13.0 Å². The summed E-state index contributed by atoms with van der Waals surface area (Å²) in [7, 11) is 0. The predicted octanol–water partition coefficient (Wildman–Crippen LogP) is 2.80. The number of carbonyl (C=O) groups excluding carboxylic acids is 2. The fraction of sp³-hybridized carbons (Fsp3) is 0.417. The molecule has 1 saturated heterocycles. The Kier molecular flexibility index (Phi) is 6.15. The topological polar surface area (TPSA) is 142 Å². The molecule has 0 unspecified atom stereocenters. The molecule has 2 amide bonds. The van der Waals surface area contributed by atoms with Crippen molar-refractivity contribution in [2.24, 2.45) is 5.41 Å². The Bertz CT molecular complexity index is 1380. The molecular weight excluding hydrogens is 530 g/mol. The van der Waals surface area contributed by atoms with E-state index in [0.29, 0.717) is 28.2 Å². The molecule has 0 bridgehead atoms. The summed E-state index contributed by atoms with van der Waals surface area (Å²) in [6.45, 7) is 4.11. The van der Waals surface area contributed by atoms with Crippen molar-refractivity contribution in [3.05, 3.63) is 40.8 Å². The van der Waals surface area contributed by atoms with Gasteiger partial charge in [0, 0.05) is 24.2 Å². The molecule has 11 nitrogen and oxygen atoms in total. The van der Waals surface area contributed by atoms with Gasteiger partial charge in [-0.1, -0.05) is 13.0 Å². The average molecular weight is 556 g/mol. The highest BCUT2D eigenvalue weighted by Crippen LogP contribution is 2.59. The van der Waals surface area contributed by atoms with E-state index in [4.69, 9.17) is 5.11 Å². The number of carbonyl (C=O) groups is 3. The number of halogens is 1. The van der Waals surface area contributed by atoms with Gasteiger partial charge in [0.1, 0.15) is 23.0 Å². The van der Waals surface area contributed by atoms with Crippen LogP contribution in [0.2, 0.25) is 0 Å². The summed E-state index contributed by atoms with van der Waals surface area (Å²) < 4.78 is 2.17. The number of hydrogen-bond donors (Lipinski definition) is 3. The molecule has 1 saturated carbocycles. The fourth-order valence-corrected chi connectivity index (χ4v) is 5.27. The summed E-state index contributed by atoms with van der Waals surface area (Å²) in [4.78, 5) is 48.0. The van der Waals surface area contributed by atoms with Gasteiger partial charge in [0.05, 0.1) is 18.1 Å². The number of carboxylic acid groups (broad SMARTS) is 1. The van der Waals surface area contributed by atoms with E-state index in [1.54, 1.807) is 34.1 Å². The van der Waals surface area contributed by atoms with Crippen LogP contribution in [0.3, 0.4) is 0 Å². The number of rotatable bonds is 8. The second-order valence-corrected chi connectivity index (χ2v) is 10.5. The van der Waals surface area contributed by atoms with E-state index in [9.17, 15) is 14.4 Å². The van der Waals surface area contributed by atoms with Gasteiger partial charge in [-0.15, -0.1) is 0 Å². The molecule has 5 rings (SSSR count). The van der Waals surface area contributed by atoms with Gasteiger partial charge in [0.25, 0.3) is 0 Å². The zero-order chi connectivity index (χ0) is 25.6. The second-order valence-electron chi connectivity index (χ2n) is 9.65. The zero-order valence-corrected chi connectivity index (χ0v) is 21.4. The lowest BCUT2D eigenvalue weighted by Crippen LogP contribution is -2.47. The largest absolute Gasteiger partial charge is 0.481 e. The molecule has 4 heterocycles. The highest BCUT2D eigenvalue weighted by molar-refractivity contribution is 9.10. The van der Waals surface area contributed by atoms with Crippen LogP contribution in [0.1, 0.15) is 31.7 Å². The summed E-state index contributed by atoms with van der Waals surface area (Å²) in [6.07, 6.45) is 4.63. The Morgan fingerprint density at radius 2 is 2.03 bits per heavy atom. The smallest absolute Gasteiger partial charge is 0.305 e. The third kappa shape index (κ3) is 4.52. The van der Waals surface area contributed by atoms with Gasteiger partial charge >= 0.3 is 5.97 Å². The Balaban J connectivity index is 1.36. The Morgan fingerprint density at radius 3 is 2.81 bits per heavy atom. The van der Waals surface area contributed by atoms with E-state index in [0.717, 1.165) is 17.4 Å². The van der Waals surface area contributed by atoms with Crippen molar-refractivity contribution in [1.82, 2.24) is 24.6 Å². The van der Waals surface area contributed by atoms with Crippen LogP contribution < -0.4 is 10.6 Å². The zero-order valence-electron chi connectivity index (χ0n) is 19.9. The maximum atomic E-state index is 13.6. The lowest BCUT2D eigenvalue weighted by Gasteiger charge is -2.27. The van der Waals surface area contributed by atoms with Gasteiger partial charge in [-0.3, -0.25) is 24.0 Å². The summed E-state index contributed by atoms with van der Waals surface area (Å²) in [6, 6.07) is 4.84. The molecule has 0 spiro atoms. The number of carboxylic acids is 1. The van der Waals surface area contributed by atoms with Gasteiger partial charge in [-0.2, -0.15) is 5.10 Å². The third-order valence-corrected chi connectivity index (χ3v) is 7.44. The van der Waals surface area contributed by atoms with Crippen molar-refractivity contribution in [3.63, 3.8) is 0 Å². The number of aliphatic carboxylic acids is 1. The first-order chi connectivity index (χ1) is 17.2. The van der Waals surface area contributed by atoms with E-state index < -0.39 is 12.0 Å². The van der Waals surface area contributed by atoms with Crippen molar-refractivity contribution in [2.75, 3.05) is 17.2 Å². The van der Waals surface area contributed by atoms with Crippen LogP contribution >= 0.6 is 15.9 Å². The lowest BCUT2D eigenvalue weighted by atomic mass is 10.0. The molecule has 1 aliphatic heterocycles. The summed E-state index contributed by atoms with van der Waals surface area (Å²) in [5.41, 5.74) is 1.41. The molecule has 3 aromatic heterocycles. The number of piperidine rings is 1. The first kappa shape index (κ1) is 24.2. The number of hydrogen-bond acceptors (Lipinski definition) is 7. The maximum absolute atomic E-state index is 13.6. The second kappa shape index (κ2) is 9.16. The van der Waals surface area contributed by atoms with Crippen molar-refractivity contribution in [2.45, 2.75) is 51.7 Å². The average Bonchev–Trinajstić information content (AvgIpc) is 3.21. The minimum Gasteiger partial charge on any atom is -0.481 e. The van der Waals surface area contributed by atoms with Crippen LogP contribution in [0.5, 0.6) is 0 Å². The molecule has 0 radical (unpaired) electrons. The van der Waals surface area contributed by atoms with Crippen LogP contribution in [-0.4, -0.2) is 66.2 Å². The Morgan fingerprint density at radius 1 is 1.22 bits per heavy atom. The molecule has 188 valence electrons. The van der Waals surface area contributed by atoms with Crippen molar-refractivity contribution >= 4 is 56.3 Å². The van der Waals surface area contributed by atoms with Crippen LogP contribution in [0.25, 0.3) is 10.9 Å². The summed E-state index contributed by atoms with van der Waals surface area (Å²) in [5, 5.41) is 20.1. The minimum absolute atomic E-state index is 0.00503. The van der Waals surface area contributed by atoms with Gasteiger partial charge in [-0.05, 0) is 58.8 Å². The quantitative estimate of drug-likeness (QED) is 0.360. The van der Waals surface area contributed by atoms with Crippen molar-refractivity contribution < 1.29 is 19.5 Å². The van der Waals surface area contributed by atoms with Gasteiger partial charge in [0.15, 0.2) is 5.82 Å². The number of nitrogens with one attached hydrogen (secondary N) is 2. The summed E-state index contributed by atoms with van der Waals surface area (Å²) in [5.74, 6) is -0.417.